The first-order valence-corrected chi connectivity index (χ1v) is 9.76. The molecule has 0 radical (unpaired) electrons. The molecule has 3 rings (SSSR count). The molecule has 134 valence electrons. The molecule has 1 N–H and O–H groups in total. The van der Waals surface area contributed by atoms with Crippen molar-refractivity contribution in [3.05, 3.63) is 47.2 Å². The SMILES string of the molecule is CCCCn1c(C(=O)NCCC2=CCCCC2)c(C)c2ccccc21. The lowest BCUT2D eigenvalue weighted by molar-refractivity contribution is 0.0944. The van der Waals surface area contributed by atoms with E-state index in [-0.39, 0.29) is 5.91 Å². The molecule has 0 spiro atoms. The third-order valence-corrected chi connectivity index (χ3v) is 5.29. The number of nitrogens with one attached hydrogen (secondary N) is 1. The maximum absolute atomic E-state index is 12.9. The van der Waals surface area contributed by atoms with Crippen LogP contribution in [0.1, 0.15) is 67.9 Å². The van der Waals surface area contributed by atoms with Gasteiger partial charge in [-0.25, -0.2) is 0 Å². The Kier molecular flexibility index (Phi) is 5.95. The normalized spacial score (nSPS) is 14.6. The molecule has 3 nitrogen and oxygen atoms in total. The van der Waals surface area contributed by atoms with E-state index in [1.165, 1.54) is 42.2 Å². The molecule has 1 aliphatic rings. The molecule has 3 heteroatoms. The van der Waals surface area contributed by atoms with Gasteiger partial charge in [0.25, 0.3) is 5.91 Å². The van der Waals surface area contributed by atoms with Crippen molar-refractivity contribution in [1.82, 2.24) is 9.88 Å². The van der Waals surface area contributed by atoms with Gasteiger partial charge in [0, 0.05) is 24.0 Å². The second kappa shape index (κ2) is 8.37. The van der Waals surface area contributed by atoms with Gasteiger partial charge in [0.1, 0.15) is 5.69 Å². The Bertz CT molecular complexity index is 770. The van der Waals surface area contributed by atoms with Crippen molar-refractivity contribution < 1.29 is 4.79 Å². The van der Waals surface area contributed by atoms with Crippen LogP contribution in [-0.4, -0.2) is 17.0 Å². The van der Waals surface area contributed by atoms with E-state index in [0.29, 0.717) is 0 Å². The fourth-order valence-electron chi connectivity index (χ4n) is 3.87. The first-order valence-electron chi connectivity index (χ1n) is 9.76. The van der Waals surface area contributed by atoms with Gasteiger partial charge in [0.2, 0.25) is 0 Å². The summed E-state index contributed by atoms with van der Waals surface area (Å²) in [5, 5.41) is 4.36. The standard InChI is InChI=1S/C22H30N2O/c1-3-4-16-24-20-13-9-8-12-19(20)17(2)21(24)22(25)23-15-14-18-10-6-5-7-11-18/h8-10,12-13H,3-7,11,14-16H2,1-2H3,(H,23,25). The number of aryl methyl sites for hydroxylation is 2. The van der Waals surface area contributed by atoms with E-state index < -0.39 is 0 Å². The number of rotatable bonds is 7. The summed E-state index contributed by atoms with van der Waals surface area (Å²) in [6, 6.07) is 8.36. The van der Waals surface area contributed by atoms with Crippen LogP contribution in [0.3, 0.4) is 0 Å². The molecule has 25 heavy (non-hydrogen) atoms. The summed E-state index contributed by atoms with van der Waals surface area (Å²) in [5.41, 5.74) is 4.62. The lowest BCUT2D eigenvalue weighted by Crippen LogP contribution is -2.28. The van der Waals surface area contributed by atoms with Crippen molar-refractivity contribution in [3.8, 4) is 0 Å². The van der Waals surface area contributed by atoms with Crippen LogP contribution in [0.15, 0.2) is 35.9 Å². The van der Waals surface area contributed by atoms with Crippen LogP contribution in [0.25, 0.3) is 10.9 Å². The molecule has 0 atom stereocenters. The summed E-state index contributed by atoms with van der Waals surface area (Å²) in [4.78, 5) is 12.9. The number of carbonyl (C=O) groups excluding carboxylic acids is 1. The number of amides is 1. The van der Waals surface area contributed by atoms with E-state index in [1.807, 2.05) is 0 Å². The fourth-order valence-corrected chi connectivity index (χ4v) is 3.87. The lowest BCUT2D eigenvalue weighted by Gasteiger charge is -2.14. The Morgan fingerprint density at radius 1 is 1.24 bits per heavy atom. The minimum atomic E-state index is 0.0706. The smallest absolute Gasteiger partial charge is 0.268 e. The number of fused-ring (bicyclic) bond motifs is 1. The number of hydrogen-bond donors (Lipinski definition) is 1. The van der Waals surface area contributed by atoms with Crippen LogP contribution in [0, 0.1) is 6.92 Å². The molecule has 0 fully saturated rings. The fraction of sp³-hybridized carbons (Fsp3) is 0.500. The van der Waals surface area contributed by atoms with Crippen molar-refractivity contribution in [1.29, 1.82) is 0 Å². The second-order valence-corrected chi connectivity index (χ2v) is 7.11. The first kappa shape index (κ1) is 17.8. The molecule has 1 aromatic heterocycles. The molecule has 1 amide bonds. The van der Waals surface area contributed by atoms with Gasteiger partial charge in [-0.1, -0.05) is 43.2 Å². The van der Waals surface area contributed by atoms with E-state index in [9.17, 15) is 4.79 Å². The van der Waals surface area contributed by atoms with Crippen molar-refractivity contribution in [2.24, 2.45) is 0 Å². The van der Waals surface area contributed by atoms with Crippen molar-refractivity contribution >= 4 is 16.8 Å². The number of para-hydroxylation sites is 1. The van der Waals surface area contributed by atoms with Crippen LogP contribution in [0.5, 0.6) is 0 Å². The van der Waals surface area contributed by atoms with Gasteiger partial charge in [-0.2, -0.15) is 0 Å². The number of benzene rings is 1. The number of allylic oxidation sites excluding steroid dienone is 1. The van der Waals surface area contributed by atoms with Crippen molar-refractivity contribution in [2.75, 3.05) is 6.54 Å². The average molecular weight is 338 g/mol. The molecule has 0 unspecified atom stereocenters. The zero-order valence-electron chi connectivity index (χ0n) is 15.6. The Balaban J connectivity index is 1.77. The predicted molar refractivity (Wildman–Crippen MR) is 105 cm³/mol. The molecule has 2 aromatic rings. The number of aromatic nitrogens is 1. The highest BCUT2D eigenvalue weighted by molar-refractivity contribution is 6.01. The van der Waals surface area contributed by atoms with Crippen LogP contribution >= 0.6 is 0 Å². The summed E-state index contributed by atoms with van der Waals surface area (Å²) in [7, 11) is 0. The maximum Gasteiger partial charge on any atom is 0.268 e. The molecular weight excluding hydrogens is 308 g/mol. The van der Waals surface area contributed by atoms with Crippen LogP contribution < -0.4 is 5.32 Å². The topological polar surface area (TPSA) is 34.0 Å². The third kappa shape index (κ3) is 3.97. The highest BCUT2D eigenvalue weighted by Gasteiger charge is 2.19. The Morgan fingerprint density at radius 2 is 2.08 bits per heavy atom. The average Bonchev–Trinajstić information content (AvgIpc) is 2.93. The van der Waals surface area contributed by atoms with Gasteiger partial charge in [0.05, 0.1) is 0 Å². The molecule has 1 aromatic carbocycles. The summed E-state index contributed by atoms with van der Waals surface area (Å²) < 4.78 is 2.21. The number of carbonyl (C=O) groups is 1. The summed E-state index contributed by atoms with van der Waals surface area (Å²) in [6.45, 7) is 5.90. The van der Waals surface area contributed by atoms with Crippen LogP contribution in [0.4, 0.5) is 0 Å². The van der Waals surface area contributed by atoms with E-state index in [1.54, 1.807) is 0 Å². The largest absolute Gasteiger partial charge is 0.350 e. The maximum atomic E-state index is 12.9. The highest BCUT2D eigenvalue weighted by Crippen LogP contribution is 2.26. The van der Waals surface area contributed by atoms with Crippen LogP contribution in [-0.2, 0) is 6.54 Å². The molecule has 1 aliphatic carbocycles. The molecule has 0 aliphatic heterocycles. The number of hydrogen-bond acceptors (Lipinski definition) is 1. The van der Waals surface area contributed by atoms with Gasteiger partial charge in [-0.15, -0.1) is 0 Å². The van der Waals surface area contributed by atoms with E-state index >= 15 is 0 Å². The second-order valence-electron chi connectivity index (χ2n) is 7.11. The van der Waals surface area contributed by atoms with Gasteiger partial charge in [-0.05, 0) is 57.1 Å². The van der Waals surface area contributed by atoms with E-state index in [0.717, 1.165) is 43.6 Å². The summed E-state index contributed by atoms with van der Waals surface area (Å²) >= 11 is 0. The van der Waals surface area contributed by atoms with Crippen LogP contribution in [0.2, 0.25) is 0 Å². The highest BCUT2D eigenvalue weighted by atomic mass is 16.1. The molecule has 1 heterocycles. The molecule has 0 bridgehead atoms. The van der Waals surface area contributed by atoms with Gasteiger partial charge < -0.3 is 9.88 Å². The van der Waals surface area contributed by atoms with Crippen molar-refractivity contribution in [3.63, 3.8) is 0 Å². The summed E-state index contributed by atoms with van der Waals surface area (Å²) in [6.07, 6.45) is 10.6. The predicted octanol–water partition coefficient (Wildman–Crippen LogP) is 5.37. The molecule has 0 saturated carbocycles. The minimum Gasteiger partial charge on any atom is -0.350 e. The third-order valence-electron chi connectivity index (χ3n) is 5.29. The number of unbranched alkanes of at least 4 members (excludes halogenated alkanes) is 1. The van der Waals surface area contributed by atoms with Gasteiger partial charge in [-0.3, -0.25) is 4.79 Å². The number of nitrogens with zero attached hydrogens (tertiary/aromatic N) is 1. The Labute approximate surface area is 151 Å². The minimum absolute atomic E-state index is 0.0706. The Morgan fingerprint density at radius 3 is 2.84 bits per heavy atom. The van der Waals surface area contributed by atoms with E-state index in [4.69, 9.17) is 0 Å². The zero-order valence-corrected chi connectivity index (χ0v) is 15.6. The molecular formula is C22H30N2O. The lowest BCUT2D eigenvalue weighted by atomic mass is 9.97. The van der Waals surface area contributed by atoms with Gasteiger partial charge >= 0.3 is 0 Å². The quantitative estimate of drug-likeness (QED) is 0.677. The monoisotopic (exact) mass is 338 g/mol. The van der Waals surface area contributed by atoms with Crippen molar-refractivity contribution in [2.45, 2.75) is 65.3 Å². The molecule has 0 saturated heterocycles. The van der Waals surface area contributed by atoms with Gasteiger partial charge in [0.15, 0.2) is 0 Å². The summed E-state index contributed by atoms with van der Waals surface area (Å²) in [5.74, 6) is 0.0706. The Hall–Kier alpha value is -2.03. The first-order chi connectivity index (χ1) is 12.2. The zero-order chi connectivity index (χ0) is 17.6. The van der Waals surface area contributed by atoms with E-state index in [2.05, 4.69) is 54.1 Å².